The van der Waals surface area contributed by atoms with Gasteiger partial charge in [-0.3, -0.25) is 0 Å². The van der Waals surface area contributed by atoms with Crippen LogP contribution in [0.1, 0.15) is 19.4 Å². The first kappa shape index (κ1) is 14.6. The normalized spacial score (nSPS) is 11.1. The van der Waals surface area contributed by atoms with E-state index in [4.69, 9.17) is 0 Å². The Bertz CT molecular complexity index is 588. The molecule has 1 N–H and O–H groups in total. The number of hydrogen-bond acceptors (Lipinski definition) is 1. The van der Waals surface area contributed by atoms with Crippen molar-refractivity contribution in [3.05, 3.63) is 59.4 Å². The molecule has 0 bridgehead atoms. The summed E-state index contributed by atoms with van der Waals surface area (Å²) < 4.78 is 41.1. The molecule has 2 rings (SSSR count). The molecule has 0 saturated heterocycles. The highest BCUT2D eigenvalue weighted by Gasteiger charge is 2.15. The molecule has 2 aromatic carbocycles. The molecule has 106 valence electrons. The molecule has 0 atom stereocenters. The maximum atomic E-state index is 13.9. The van der Waals surface area contributed by atoms with E-state index in [1.165, 1.54) is 36.4 Å². The Morgan fingerprint density at radius 3 is 2.25 bits per heavy atom. The molecule has 0 unspecified atom stereocenters. The molecule has 20 heavy (non-hydrogen) atoms. The number of benzene rings is 2. The minimum absolute atomic E-state index is 0.118. The third-order valence-corrected chi connectivity index (χ3v) is 3.00. The third-order valence-electron chi connectivity index (χ3n) is 3.00. The number of nitrogens with one attached hydrogen (secondary N) is 1. The van der Waals surface area contributed by atoms with Crippen molar-refractivity contribution in [2.45, 2.75) is 26.4 Å². The summed E-state index contributed by atoms with van der Waals surface area (Å²) in [5.41, 5.74) is 0.783. The van der Waals surface area contributed by atoms with Gasteiger partial charge in [0.15, 0.2) is 0 Å². The maximum absolute atomic E-state index is 13.9. The van der Waals surface area contributed by atoms with Gasteiger partial charge in [-0.25, -0.2) is 13.2 Å². The van der Waals surface area contributed by atoms with E-state index in [0.29, 0.717) is 17.7 Å². The van der Waals surface area contributed by atoms with Crippen LogP contribution in [0.15, 0.2) is 36.4 Å². The zero-order chi connectivity index (χ0) is 14.7. The highest BCUT2D eigenvalue weighted by atomic mass is 19.1. The monoisotopic (exact) mass is 279 g/mol. The fraction of sp³-hybridized carbons (Fsp3) is 0.250. The minimum Gasteiger partial charge on any atom is -0.310 e. The average Bonchev–Trinajstić information content (AvgIpc) is 2.38. The Morgan fingerprint density at radius 1 is 1.00 bits per heavy atom. The minimum atomic E-state index is -0.651. The molecule has 0 aliphatic heterocycles. The van der Waals surface area contributed by atoms with Crippen LogP contribution in [0, 0.1) is 17.5 Å². The summed E-state index contributed by atoms with van der Waals surface area (Å²) in [5.74, 6) is -1.73. The van der Waals surface area contributed by atoms with Crippen molar-refractivity contribution in [3.63, 3.8) is 0 Å². The molecule has 0 heterocycles. The van der Waals surface area contributed by atoms with Crippen LogP contribution in [0.3, 0.4) is 0 Å². The van der Waals surface area contributed by atoms with Crippen molar-refractivity contribution in [3.8, 4) is 11.1 Å². The molecule has 0 aliphatic rings. The summed E-state index contributed by atoms with van der Waals surface area (Å²) in [5, 5.41) is 3.13. The lowest BCUT2D eigenvalue weighted by atomic mass is 9.98. The Labute approximate surface area is 116 Å². The van der Waals surface area contributed by atoms with Crippen LogP contribution < -0.4 is 5.32 Å². The van der Waals surface area contributed by atoms with Crippen molar-refractivity contribution >= 4 is 0 Å². The lowest BCUT2D eigenvalue weighted by Crippen LogP contribution is -2.22. The smallest absolute Gasteiger partial charge is 0.133 e. The molecule has 0 amide bonds. The van der Waals surface area contributed by atoms with Crippen LogP contribution in [0.25, 0.3) is 11.1 Å². The van der Waals surface area contributed by atoms with Gasteiger partial charge < -0.3 is 5.32 Å². The molecule has 0 fully saturated rings. The summed E-state index contributed by atoms with van der Waals surface area (Å²) in [4.78, 5) is 0. The first-order valence-electron chi connectivity index (χ1n) is 6.45. The van der Waals surface area contributed by atoms with E-state index in [2.05, 4.69) is 5.32 Å². The lowest BCUT2D eigenvalue weighted by molar-refractivity contribution is 0.576. The zero-order valence-electron chi connectivity index (χ0n) is 11.4. The van der Waals surface area contributed by atoms with Crippen molar-refractivity contribution in [2.75, 3.05) is 0 Å². The fourth-order valence-corrected chi connectivity index (χ4v) is 2.02. The SMILES string of the molecule is CC(C)NCc1cc(F)ccc1-c1c(F)cccc1F. The lowest BCUT2D eigenvalue weighted by Gasteiger charge is -2.14. The van der Waals surface area contributed by atoms with Gasteiger partial charge in [-0.15, -0.1) is 0 Å². The summed E-state index contributed by atoms with van der Waals surface area (Å²) in [6.45, 7) is 4.24. The second kappa shape index (κ2) is 6.09. The Hall–Kier alpha value is -1.81. The van der Waals surface area contributed by atoms with Crippen LogP contribution in [0.2, 0.25) is 0 Å². The molecular weight excluding hydrogens is 263 g/mol. The van der Waals surface area contributed by atoms with E-state index in [1.807, 2.05) is 13.8 Å². The largest absolute Gasteiger partial charge is 0.310 e. The van der Waals surface area contributed by atoms with Gasteiger partial charge in [-0.2, -0.15) is 0 Å². The fourth-order valence-electron chi connectivity index (χ4n) is 2.02. The van der Waals surface area contributed by atoms with Gasteiger partial charge in [0.25, 0.3) is 0 Å². The van der Waals surface area contributed by atoms with E-state index < -0.39 is 17.5 Å². The van der Waals surface area contributed by atoms with E-state index in [1.54, 1.807) is 0 Å². The van der Waals surface area contributed by atoms with E-state index in [9.17, 15) is 13.2 Å². The maximum Gasteiger partial charge on any atom is 0.133 e. The molecule has 0 aliphatic carbocycles. The summed E-state index contributed by atoms with van der Waals surface area (Å²) >= 11 is 0. The highest BCUT2D eigenvalue weighted by molar-refractivity contribution is 5.68. The predicted octanol–water partition coefficient (Wildman–Crippen LogP) is 4.27. The Morgan fingerprint density at radius 2 is 1.65 bits per heavy atom. The molecule has 0 aromatic heterocycles. The van der Waals surface area contributed by atoms with Crippen molar-refractivity contribution in [1.29, 1.82) is 0 Å². The highest BCUT2D eigenvalue weighted by Crippen LogP contribution is 2.29. The van der Waals surface area contributed by atoms with Gasteiger partial charge in [-0.1, -0.05) is 26.0 Å². The quantitative estimate of drug-likeness (QED) is 0.881. The van der Waals surface area contributed by atoms with Gasteiger partial charge in [-0.05, 0) is 35.4 Å². The van der Waals surface area contributed by atoms with Gasteiger partial charge in [0.05, 0.1) is 5.56 Å². The first-order chi connectivity index (χ1) is 9.49. The molecule has 0 spiro atoms. The van der Waals surface area contributed by atoms with Crippen molar-refractivity contribution in [2.24, 2.45) is 0 Å². The Kier molecular flexibility index (Phi) is 4.45. The third kappa shape index (κ3) is 3.20. The first-order valence-corrected chi connectivity index (χ1v) is 6.45. The molecule has 0 radical (unpaired) electrons. The molecule has 2 aromatic rings. The average molecular weight is 279 g/mol. The van der Waals surface area contributed by atoms with E-state index in [0.717, 1.165) is 0 Å². The summed E-state index contributed by atoms with van der Waals surface area (Å²) in [7, 11) is 0. The van der Waals surface area contributed by atoms with E-state index >= 15 is 0 Å². The number of halogens is 3. The topological polar surface area (TPSA) is 12.0 Å². The molecule has 1 nitrogen and oxygen atoms in total. The van der Waals surface area contributed by atoms with Crippen molar-refractivity contribution < 1.29 is 13.2 Å². The standard InChI is InChI=1S/C16H16F3N/c1-10(2)20-9-11-8-12(17)6-7-13(11)16-14(18)4-3-5-15(16)19/h3-8,10,20H,9H2,1-2H3. The summed E-state index contributed by atoms with van der Waals surface area (Å²) in [6, 6.07) is 7.81. The predicted molar refractivity (Wildman–Crippen MR) is 73.7 cm³/mol. The zero-order valence-corrected chi connectivity index (χ0v) is 11.4. The van der Waals surface area contributed by atoms with Crippen LogP contribution >= 0.6 is 0 Å². The van der Waals surface area contributed by atoms with Crippen LogP contribution in [-0.4, -0.2) is 6.04 Å². The van der Waals surface area contributed by atoms with Crippen LogP contribution in [0.4, 0.5) is 13.2 Å². The molecular formula is C16H16F3N. The summed E-state index contributed by atoms with van der Waals surface area (Å²) in [6.07, 6.45) is 0. The number of hydrogen-bond donors (Lipinski definition) is 1. The van der Waals surface area contributed by atoms with Gasteiger partial charge in [0.1, 0.15) is 17.5 Å². The molecule has 0 saturated carbocycles. The van der Waals surface area contributed by atoms with Gasteiger partial charge >= 0.3 is 0 Å². The number of rotatable bonds is 4. The van der Waals surface area contributed by atoms with Gasteiger partial charge in [0.2, 0.25) is 0 Å². The second-order valence-corrected chi connectivity index (χ2v) is 4.93. The van der Waals surface area contributed by atoms with Crippen molar-refractivity contribution in [1.82, 2.24) is 5.32 Å². The van der Waals surface area contributed by atoms with Crippen LogP contribution in [-0.2, 0) is 6.54 Å². The molecule has 4 heteroatoms. The van der Waals surface area contributed by atoms with E-state index in [-0.39, 0.29) is 11.6 Å². The second-order valence-electron chi connectivity index (χ2n) is 4.93. The van der Waals surface area contributed by atoms with Crippen LogP contribution in [0.5, 0.6) is 0 Å². The Balaban J connectivity index is 2.50. The van der Waals surface area contributed by atoms with Gasteiger partial charge in [0, 0.05) is 12.6 Å².